The van der Waals surface area contributed by atoms with E-state index in [2.05, 4.69) is 259 Å². The maximum Gasteiger partial charge on any atom is 0.0713 e. The fraction of sp³-hybridized carbons (Fsp3) is 0.0625. The van der Waals surface area contributed by atoms with Gasteiger partial charge in [-0.3, -0.25) is 0 Å². The van der Waals surface area contributed by atoms with Crippen molar-refractivity contribution in [3.63, 3.8) is 0 Å². The number of nitrogens with zero attached hydrogens (tertiary/aromatic N) is 1. The third-order valence-electron chi connectivity index (χ3n) is 14.0. The molecule has 0 bridgehead atoms. The number of hydrogen-bond acceptors (Lipinski definition) is 0. The number of benzene rings is 10. The predicted molar refractivity (Wildman–Crippen MR) is 272 cm³/mol. The fourth-order valence-electron chi connectivity index (χ4n) is 11.0. The van der Waals surface area contributed by atoms with Crippen LogP contribution < -0.4 is 0 Å². The molecule has 1 aromatic heterocycles. The zero-order valence-corrected chi connectivity index (χ0v) is 36.2. The molecule has 0 saturated carbocycles. The molecule has 0 spiro atoms. The maximum atomic E-state index is 2.56. The molecule has 1 heterocycles. The van der Waals surface area contributed by atoms with Crippen LogP contribution in [0.25, 0.3) is 60.9 Å². The van der Waals surface area contributed by atoms with Crippen molar-refractivity contribution in [3.8, 4) is 39.1 Å². The second kappa shape index (κ2) is 16.3. The third kappa shape index (κ3) is 6.54. The van der Waals surface area contributed by atoms with Crippen molar-refractivity contribution in [2.24, 2.45) is 0 Å². The molecule has 1 aliphatic rings. The zero-order chi connectivity index (χ0) is 43.2. The van der Waals surface area contributed by atoms with Crippen LogP contribution in [-0.4, -0.2) is 4.57 Å². The molecular formula is C64H47N. The number of fused-ring (bicyclic) bond motifs is 6. The smallest absolute Gasteiger partial charge is 0.0713 e. The van der Waals surface area contributed by atoms with E-state index in [-0.39, 0.29) is 5.92 Å². The summed E-state index contributed by atoms with van der Waals surface area (Å²) in [6.45, 7) is 0. The highest BCUT2D eigenvalue weighted by Gasteiger charge is 2.46. The van der Waals surface area contributed by atoms with Gasteiger partial charge in [-0.05, 0) is 109 Å². The molecule has 65 heavy (non-hydrogen) atoms. The second-order valence-electron chi connectivity index (χ2n) is 17.5. The van der Waals surface area contributed by atoms with E-state index in [1.807, 2.05) is 0 Å². The normalized spacial score (nSPS) is 13.1. The molecule has 0 radical (unpaired) electrons. The highest BCUT2D eigenvalue weighted by atomic mass is 15.0. The molecule has 1 heteroatoms. The lowest BCUT2D eigenvalue weighted by atomic mass is 9.67. The third-order valence-corrected chi connectivity index (χ3v) is 14.0. The Balaban J connectivity index is 0.916. The van der Waals surface area contributed by atoms with E-state index >= 15 is 0 Å². The van der Waals surface area contributed by atoms with Gasteiger partial charge >= 0.3 is 0 Å². The van der Waals surface area contributed by atoms with E-state index in [0.29, 0.717) is 0 Å². The van der Waals surface area contributed by atoms with Crippen LogP contribution in [-0.2, 0) is 11.8 Å². The minimum absolute atomic E-state index is 0.151. The molecule has 12 rings (SSSR count). The lowest BCUT2D eigenvalue weighted by Gasteiger charge is -2.34. The topological polar surface area (TPSA) is 4.93 Å². The summed E-state index contributed by atoms with van der Waals surface area (Å²) < 4.78 is 2.38. The first-order valence-corrected chi connectivity index (χ1v) is 22.9. The van der Waals surface area contributed by atoms with Gasteiger partial charge < -0.3 is 4.57 Å². The van der Waals surface area contributed by atoms with Crippen molar-refractivity contribution in [3.05, 3.63) is 294 Å². The summed E-state index contributed by atoms with van der Waals surface area (Å²) in [5.74, 6) is 0.151. The fourth-order valence-corrected chi connectivity index (χ4v) is 11.0. The van der Waals surface area contributed by atoms with E-state index < -0.39 is 5.41 Å². The summed E-state index contributed by atoms with van der Waals surface area (Å²) in [6.07, 6.45) is 1.91. The standard InChI is InChI=1S/C64H47N/c1-4-18-48(19-5-1)53-24-10-11-25-55(53)54(49-39-43-57-56-26-12-15-29-60(56)64(61(57)44-49,50-20-6-2-7-21-50)51-22-8-3-9-23-51)42-34-45-32-35-46(36-33-45)47-37-40-52(41-38-47)65-62-30-16-13-27-58(62)59-28-14-17-31-63(59)65/h1-33,35-41,43-44,54H,34,42H2. The molecule has 0 amide bonds. The minimum atomic E-state index is -0.453. The number of hydrogen-bond donors (Lipinski definition) is 0. The van der Waals surface area contributed by atoms with Crippen LogP contribution in [0, 0.1) is 0 Å². The van der Waals surface area contributed by atoms with Crippen LogP contribution in [0.3, 0.4) is 0 Å². The van der Waals surface area contributed by atoms with E-state index in [9.17, 15) is 0 Å². The highest BCUT2D eigenvalue weighted by molar-refractivity contribution is 6.09. The Bertz CT molecular complexity index is 3360. The Hall–Kier alpha value is -8.00. The van der Waals surface area contributed by atoms with Gasteiger partial charge in [-0.1, -0.05) is 231 Å². The largest absolute Gasteiger partial charge is 0.309 e. The van der Waals surface area contributed by atoms with Gasteiger partial charge in [-0.25, -0.2) is 0 Å². The van der Waals surface area contributed by atoms with Crippen molar-refractivity contribution < 1.29 is 0 Å². The van der Waals surface area contributed by atoms with Gasteiger partial charge in [-0.15, -0.1) is 0 Å². The lowest BCUT2D eigenvalue weighted by molar-refractivity contribution is 0.710. The molecule has 1 nitrogen and oxygen atoms in total. The van der Waals surface area contributed by atoms with Crippen LogP contribution >= 0.6 is 0 Å². The SMILES string of the molecule is c1ccc(-c2ccccc2C(CCc2ccc(-c3ccc(-n4c5ccccc5c5ccccc54)cc3)cc2)c2ccc3c(c2)C(c2ccccc2)(c2ccccc2)c2ccccc2-3)cc1. The van der Waals surface area contributed by atoms with Gasteiger partial charge in [0.05, 0.1) is 16.4 Å². The monoisotopic (exact) mass is 829 g/mol. The molecule has 10 aromatic carbocycles. The van der Waals surface area contributed by atoms with Gasteiger partial charge in [0.2, 0.25) is 0 Å². The molecular weight excluding hydrogens is 783 g/mol. The second-order valence-corrected chi connectivity index (χ2v) is 17.5. The molecule has 1 atom stereocenters. The summed E-state index contributed by atoms with van der Waals surface area (Å²) >= 11 is 0. The number of aromatic nitrogens is 1. The minimum Gasteiger partial charge on any atom is -0.309 e. The van der Waals surface area contributed by atoms with E-state index in [4.69, 9.17) is 0 Å². The Kier molecular flexibility index (Phi) is 9.68. The maximum absolute atomic E-state index is 2.56. The highest BCUT2D eigenvalue weighted by Crippen LogP contribution is 2.57. The average molecular weight is 830 g/mol. The Morgan fingerprint density at radius 1 is 0.369 bits per heavy atom. The molecule has 0 fully saturated rings. The van der Waals surface area contributed by atoms with Crippen LogP contribution in [0.1, 0.15) is 51.3 Å². The van der Waals surface area contributed by atoms with Gasteiger partial charge in [0, 0.05) is 22.4 Å². The Morgan fingerprint density at radius 2 is 0.877 bits per heavy atom. The van der Waals surface area contributed by atoms with Crippen LogP contribution in [0.4, 0.5) is 0 Å². The van der Waals surface area contributed by atoms with Crippen molar-refractivity contribution in [2.45, 2.75) is 24.2 Å². The Labute approximate surface area is 381 Å². The first kappa shape index (κ1) is 38.7. The molecule has 1 unspecified atom stereocenters. The molecule has 0 saturated heterocycles. The summed E-state index contributed by atoms with van der Waals surface area (Å²) in [7, 11) is 0. The number of para-hydroxylation sites is 2. The van der Waals surface area contributed by atoms with Crippen LogP contribution in [0.2, 0.25) is 0 Å². The van der Waals surface area contributed by atoms with Crippen molar-refractivity contribution in [1.29, 1.82) is 0 Å². The van der Waals surface area contributed by atoms with Crippen molar-refractivity contribution >= 4 is 21.8 Å². The van der Waals surface area contributed by atoms with Gasteiger partial charge in [-0.2, -0.15) is 0 Å². The number of rotatable bonds is 10. The van der Waals surface area contributed by atoms with Gasteiger partial charge in [0.25, 0.3) is 0 Å². The summed E-state index contributed by atoms with van der Waals surface area (Å²) in [5, 5.41) is 2.56. The first-order valence-electron chi connectivity index (χ1n) is 22.9. The Morgan fingerprint density at radius 3 is 1.52 bits per heavy atom. The molecule has 0 N–H and O–H groups in total. The predicted octanol–water partition coefficient (Wildman–Crippen LogP) is 16.2. The first-order chi connectivity index (χ1) is 32.3. The van der Waals surface area contributed by atoms with E-state index in [1.165, 1.54) is 99.8 Å². The van der Waals surface area contributed by atoms with E-state index in [1.54, 1.807) is 0 Å². The molecule has 0 aliphatic heterocycles. The van der Waals surface area contributed by atoms with Gasteiger partial charge in [0.1, 0.15) is 0 Å². The van der Waals surface area contributed by atoms with E-state index in [0.717, 1.165) is 12.8 Å². The summed E-state index contributed by atoms with van der Waals surface area (Å²) in [4.78, 5) is 0. The van der Waals surface area contributed by atoms with Crippen LogP contribution in [0.5, 0.6) is 0 Å². The summed E-state index contributed by atoms with van der Waals surface area (Å²) in [5.41, 5.74) is 20.1. The van der Waals surface area contributed by atoms with Crippen molar-refractivity contribution in [2.75, 3.05) is 0 Å². The molecule has 11 aromatic rings. The zero-order valence-electron chi connectivity index (χ0n) is 36.2. The lowest BCUT2D eigenvalue weighted by Crippen LogP contribution is -2.28. The quantitative estimate of drug-likeness (QED) is 0.129. The molecule has 1 aliphatic carbocycles. The van der Waals surface area contributed by atoms with Crippen molar-refractivity contribution in [1.82, 2.24) is 4.57 Å². The number of aryl methyl sites for hydroxylation is 1. The summed E-state index contributed by atoms with van der Waals surface area (Å²) in [6, 6.07) is 94.5. The van der Waals surface area contributed by atoms with Gasteiger partial charge in [0.15, 0.2) is 0 Å². The molecule has 308 valence electrons. The average Bonchev–Trinajstić information content (AvgIpc) is 3.88. The van der Waals surface area contributed by atoms with Crippen LogP contribution in [0.15, 0.2) is 255 Å².